The van der Waals surface area contributed by atoms with Crippen LogP contribution in [0, 0.1) is 19.3 Å². The largest absolute Gasteiger partial charge is 0.366 e. The van der Waals surface area contributed by atoms with Crippen molar-refractivity contribution in [3.8, 4) is 11.1 Å². The number of aromatic nitrogens is 6. The van der Waals surface area contributed by atoms with E-state index in [1.807, 2.05) is 18.5 Å². The van der Waals surface area contributed by atoms with Crippen LogP contribution in [-0.2, 0) is 0 Å². The van der Waals surface area contributed by atoms with Crippen molar-refractivity contribution in [1.29, 1.82) is 0 Å². The second-order valence-electron chi connectivity index (χ2n) is 12.1. The molecule has 1 spiro atoms. The van der Waals surface area contributed by atoms with Crippen molar-refractivity contribution in [2.45, 2.75) is 58.5 Å². The molecular weight excluding hydrogens is 510 g/mol. The van der Waals surface area contributed by atoms with Crippen molar-refractivity contribution in [3.63, 3.8) is 0 Å². The Morgan fingerprint density at radius 1 is 1.10 bits per heavy atom. The fourth-order valence-electron chi connectivity index (χ4n) is 7.09. The lowest BCUT2D eigenvalue weighted by Crippen LogP contribution is -2.61. The van der Waals surface area contributed by atoms with Gasteiger partial charge in [0.1, 0.15) is 0 Å². The number of piperazine rings is 1. The maximum Gasteiger partial charge on any atom is 0.159 e. The van der Waals surface area contributed by atoms with Gasteiger partial charge in [-0.1, -0.05) is 18.5 Å². The lowest BCUT2D eigenvalue weighted by Gasteiger charge is -2.54. The highest BCUT2D eigenvalue weighted by atomic mass is 35.5. The van der Waals surface area contributed by atoms with E-state index < -0.39 is 0 Å². The number of aryl methyl sites for hydroxylation is 1. The predicted molar refractivity (Wildman–Crippen MR) is 156 cm³/mol. The van der Waals surface area contributed by atoms with Gasteiger partial charge in [-0.2, -0.15) is 20.4 Å². The molecule has 2 N–H and O–H groups in total. The molecule has 10 heteroatoms. The Kier molecular flexibility index (Phi) is 5.68. The van der Waals surface area contributed by atoms with Crippen molar-refractivity contribution >= 4 is 34.0 Å². The minimum Gasteiger partial charge on any atom is -0.366 e. The second kappa shape index (κ2) is 8.93. The SMILES string of the molecule is CC[C@@]1(C)CN(c2ccnnc2)CCN1c1nn(C2CC3(CNC3)C2)c(C)c1-c1c(Cl)c(C)cc2[nH]ncc12. The molecule has 9 nitrogen and oxygen atoms in total. The minimum atomic E-state index is -0.133. The molecule has 0 unspecified atom stereocenters. The standard InChI is InChI=1S/C29H36ClN9/c1-5-28(4)17-37(20-6-7-32-33-13-20)8-9-38(28)27-24(25-22-14-34-35-23(22)10-18(2)26(25)30)19(3)39(36-27)21-11-29(12-21)15-31-16-29/h6-7,10,13-14,21,31H,5,8-9,11-12,15-17H2,1-4H3,(H,34,35)/t28-/m0/s1. The maximum atomic E-state index is 7.14. The Balaban J connectivity index is 1.36. The van der Waals surface area contributed by atoms with E-state index in [-0.39, 0.29) is 5.54 Å². The Hall–Kier alpha value is -3.17. The number of benzene rings is 1. The van der Waals surface area contributed by atoms with Gasteiger partial charge in [0, 0.05) is 54.9 Å². The van der Waals surface area contributed by atoms with Gasteiger partial charge in [0.25, 0.3) is 0 Å². The first-order valence-electron chi connectivity index (χ1n) is 14.0. The molecule has 5 heterocycles. The first-order chi connectivity index (χ1) is 18.8. The molecule has 1 saturated carbocycles. The van der Waals surface area contributed by atoms with E-state index in [9.17, 15) is 0 Å². The zero-order chi connectivity index (χ0) is 26.9. The Bertz CT molecular complexity index is 1530. The topological polar surface area (TPSA) is 90.8 Å². The second-order valence-corrected chi connectivity index (χ2v) is 12.5. The number of hydrogen-bond acceptors (Lipinski definition) is 7. The lowest BCUT2D eigenvalue weighted by molar-refractivity contribution is 0.00159. The molecular formula is C29H36ClN9. The average molecular weight is 546 g/mol. The Morgan fingerprint density at radius 2 is 1.92 bits per heavy atom. The van der Waals surface area contributed by atoms with E-state index in [2.05, 4.69) is 74.0 Å². The summed E-state index contributed by atoms with van der Waals surface area (Å²) in [5.41, 5.74) is 6.85. The number of halogens is 1. The molecule has 0 radical (unpaired) electrons. The number of nitrogens with zero attached hydrogens (tertiary/aromatic N) is 7. The van der Waals surface area contributed by atoms with Crippen molar-refractivity contribution in [3.05, 3.63) is 47.0 Å². The fourth-order valence-corrected chi connectivity index (χ4v) is 7.34. The van der Waals surface area contributed by atoms with E-state index in [4.69, 9.17) is 16.7 Å². The monoisotopic (exact) mass is 545 g/mol. The van der Waals surface area contributed by atoms with E-state index >= 15 is 0 Å². The van der Waals surface area contributed by atoms with E-state index in [0.29, 0.717) is 11.5 Å². The fraction of sp³-hybridized carbons (Fsp3) is 0.517. The van der Waals surface area contributed by atoms with Crippen LogP contribution < -0.4 is 15.1 Å². The van der Waals surface area contributed by atoms with Crippen molar-refractivity contribution in [1.82, 2.24) is 35.5 Å². The van der Waals surface area contributed by atoms with Gasteiger partial charge in [-0.25, -0.2) is 0 Å². The van der Waals surface area contributed by atoms with E-state index in [0.717, 1.165) is 83.3 Å². The highest BCUT2D eigenvalue weighted by molar-refractivity contribution is 6.36. The average Bonchev–Trinajstić information content (AvgIpc) is 3.48. The molecule has 7 rings (SSSR count). The molecule has 3 aromatic heterocycles. The molecule has 3 aliphatic rings. The summed E-state index contributed by atoms with van der Waals surface area (Å²) >= 11 is 7.14. The predicted octanol–water partition coefficient (Wildman–Crippen LogP) is 4.91. The molecule has 204 valence electrons. The summed E-state index contributed by atoms with van der Waals surface area (Å²) in [6.45, 7) is 13.8. The molecule has 1 aliphatic carbocycles. The summed E-state index contributed by atoms with van der Waals surface area (Å²) in [4.78, 5) is 4.96. The zero-order valence-electron chi connectivity index (χ0n) is 23.1. The maximum absolute atomic E-state index is 7.14. The van der Waals surface area contributed by atoms with Crippen LogP contribution in [0.15, 0.2) is 30.7 Å². The van der Waals surface area contributed by atoms with Crippen LogP contribution >= 0.6 is 11.6 Å². The third kappa shape index (κ3) is 3.77. The molecule has 1 aromatic carbocycles. The number of H-pyrrole nitrogens is 1. The summed E-state index contributed by atoms with van der Waals surface area (Å²) in [6.07, 6.45) is 8.87. The summed E-state index contributed by atoms with van der Waals surface area (Å²) in [5.74, 6) is 1.03. The van der Waals surface area contributed by atoms with E-state index in [1.165, 1.54) is 18.5 Å². The van der Waals surface area contributed by atoms with Gasteiger partial charge >= 0.3 is 0 Å². The highest BCUT2D eigenvalue weighted by Gasteiger charge is 2.50. The minimum absolute atomic E-state index is 0.133. The molecule has 4 aromatic rings. The summed E-state index contributed by atoms with van der Waals surface area (Å²) < 4.78 is 2.31. The van der Waals surface area contributed by atoms with Gasteiger partial charge < -0.3 is 15.1 Å². The molecule has 0 bridgehead atoms. The number of hydrogen-bond donors (Lipinski definition) is 2. The Morgan fingerprint density at radius 3 is 2.62 bits per heavy atom. The third-order valence-electron chi connectivity index (χ3n) is 9.66. The molecule has 3 fully saturated rings. The lowest BCUT2D eigenvalue weighted by atomic mass is 9.61. The first kappa shape index (κ1) is 24.8. The van der Waals surface area contributed by atoms with Gasteiger partial charge in [0.15, 0.2) is 5.82 Å². The number of anilines is 2. The summed E-state index contributed by atoms with van der Waals surface area (Å²) in [6, 6.07) is 4.55. The highest BCUT2D eigenvalue weighted by Crippen LogP contribution is 2.53. The number of nitrogens with one attached hydrogen (secondary N) is 2. The van der Waals surface area contributed by atoms with Crippen LogP contribution in [0.1, 0.15) is 50.4 Å². The van der Waals surface area contributed by atoms with Gasteiger partial charge in [0.2, 0.25) is 0 Å². The van der Waals surface area contributed by atoms with Gasteiger partial charge in [-0.3, -0.25) is 9.78 Å². The number of rotatable bonds is 5. The molecule has 0 amide bonds. The van der Waals surface area contributed by atoms with Crippen LogP contribution in [0.5, 0.6) is 0 Å². The Labute approximate surface area is 233 Å². The number of fused-ring (bicyclic) bond motifs is 1. The van der Waals surface area contributed by atoms with Crippen molar-refractivity contribution < 1.29 is 0 Å². The van der Waals surface area contributed by atoms with Crippen molar-refractivity contribution in [2.75, 3.05) is 42.5 Å². The van der Waals surface area contributed by atoms with E-state index in [1.54, 1.807) is 6.20 Å². The van der Waals surface area contributed by atoms with Crippen LogP contribution in [0.3, 0.4) is 0 Å². The summed E-state index contributed by atoms with van der Waals surface area (Å²) in [7, 11) is 0. The van der Waals surface area contributed by atoms with Gasteiger partial charge in [-0.05, 0) is 63.1 Å². The van der Waals surface area contributed by atoms with Gasteiger partial charge in [0.05, 0.1) is 46.4 Å². The first-order valence-corrected chi connectivity index (χ1v) is 14.4. The molecule has 2 aliphatic heterocycles. The van der Waals surface area contributed by atoms with Crippen LogP contribution in [0.25, 0.3) is 22.0 Å². The normalized spacial score (nSPS) is 22.9. The van der Waals surface area contributed by atoms with Gasteiger partial charge in [-0.15, -0.1) is 0 Å². The smallest absolute Gasteiger partial charge is 0.159 e. The molecule has 2 saturated heterocycles. The van der Waals surface area contributed by atoms with Crippen LogP contribution in [0.4, 0.5) is 11.5 Å². The summed E-state index contributed by atoms with van der Waals surface area (Å²) in [5, 5.41) is 26.4. The quantitative estimate of drug-likeness (QED) is 0.368. The van der Waals surface area contributed by atoms with Crippen LogP contribution in [-0.4, -0.2) is 68.4 Å². The van der Waals surface area contributed by atoms with Crippen molar-refractivity contribution in [2.24, 2.45) is 5.41 Å². The molecule has 1 atom stereocenters. The third-order valence-corrected chi connectivity index (χ3v) is 10.1. The molecule has 39 heavy (non-hydrogen) atoms. The van der Waals surface area contributed by atoms with Crippen LogP contribution in [0.2, 0.25) is 5.02 Å². The zero-order valence-corrected chi connectivity index (χ0v) is 23.9. The number of aromatic amines is 1.